The molecule has 0 saturated carbocycles. The minimum Gasteiger partial charge on any atom is -0.504 e. The van der Waals surface area contributed by atoms with Gasteiger partial charge in [-0.3, -0.25) is 10.1 Å². The Bertz CT molecular complexity index is 1000. The fourth-order valence-electron chi connectivity index (χ4n) is 3.46. The monoisotopic (exact) mass is 474 g/mol. The van der Waals surface area contributed by atoms with Crippen molar-refractivity contribution in [3.8, 4) is 11.5 Å². The molecule has 1 aromatic carbocycles. The number of morpholine rings is 2. The SMILES string of the molecule is CCOc1cc([N+](=O)[O-])cc(/C=N\Nc2nc(N3CCOCC3)nc(N3CCOCC3)n2)c1O. The van der Waals surface area contributed by atoms with E-state index in [1.54, 1.807) is 6.92 Å². The van der Waals surface area contributed by atoms with Gasteiger partial charge in [-0.2, -0.15) is 20.1 Å². The van der Waals surface area contributed by atoms with Crippen LogP contribution in [-0.2, 0) is 9.47 Å². The molecule has 0 amide bonds. The van der Waals surface area contributed by atoms with Gasteiger partial charge in [-0.15, -0.1) is 0 Å². The Hall–Kier alpha value is -3.78. The Kier molecular flexibility index (Phi) is 7.49. The molecule has 0 radical (unpaired) electrons. The van der Waals surface area contributed by atoms with Crippen molar-refractivity contribution in [1.82, 2.24) is 15.0 Å². The first-order valence-electron chi connectivity index (χ1n) is 10.9. The highest BCUT2D eigenvalue weighted by Crippen LogP contribution is 2.34. The molecule has 14 nitrogen and oxygen atoms in total. The second kappa shape index (κ2) is 10.9. The number of benzene rings is 1. The molecule has 2 aliphatic rings. The van der Waals surface area contributed by atoms with Gasteiger partial charge < -0.3 is 29.1 Å². The molecule has 2 aliphatic heterocycles. The van der Waals surface area contributed by atoms with Crippen LogP contribution in [0.1, 0.15) is 12.5 Å². The average molecular weight is 474 g/mol. The van der Waals surface area contributed by atoms with Gasteiger partial charge in [-0.25, -0.2) is 5.43 Å². The number of nitrogens with one attached hydrogen (secondary N) is 1. The predicted octanol–water partition coefficient (Wildman–Crippen LogP) is 1.00. The number of aromatic nitrogens is 3. The molecule has 0 aliphatic carbocycles. The van der Waals surface area contributed by atoms with Crippen LogP contribution >= 0.6 is 0 Å². The number of nitro benzene ring substituents is 1. The van der Waals surface area contributed by atoms with Gasteiger partial charge in [0.2, 0.25) is 17.8 Å². The quantitative estimate of drug-likeness (QED) is 0.318. The molecule has 0 atom stereocenters. The maximum absolute atomic E-state index is 11.2. The summed E-state index contributed by atoms with van der Waals surface area (Å²) < 4.78 is 16.1. The Morgan fingerprint density at radius 1 is 1.12 bits per heavy atom. The number of aromatic hydroxyl groups is 1. The van der Waals surface area contributed by atoms with E-state index >= 15 is 0 Å². The van der Waals surface area contributed by atoms with E-state index in [4.69, 9.17) is 14.2 Å². The summed E-state index contributed by atoms with van der Waals surface area (Å²) in [6.45, 7) is 6.86. The number of rotatable bonds is 8. The van der Waals surface area contributed by atoms with Crippen LogP contribution in [0.3, 0.4) is 0 Å². The van der Waals surface area contributed by atoms with Crippen molar-refractivity contribution in [2.24, 2.45) is 5.10 Å². The number of hydrogen-bond acceptors (Lipinski definition) is 13. The Morgan fingerprint density at radius 2 is 1.71 bits per heavy atom. The third-order valence-corrected chi connectivity index (χ3v) is 5.17. The van der Waals surface area contributed by atoms with E-state index in [1.165, 1.54) is 18.3 Å². The molecule has 4 rings (SSSR count). The van der Waals surface area contributed by atoms with Gasteiger partial charge in [-0.05, 0) is 6.92 Å². The molecule has 14 heteroatoms. The van der Waals surface area contributed by atoms with Gasteiger partial charge in [0, 0.05) is 37.8 Å². The largest absolute Gasteiger partial charge is 0.504 e. The highest BCUT2D eigenvalue weighted by molar-refractivity contribution is 5.86. The molecule has 182 valence electrons. The molecule has 34 heavy (non-hydrogen) atoms. The lowest BCUT2D eigenvalue weighted by atomic mass is 10.1. The van der Waals surface area contributed by atoms with E-state index in [1.807, 2.05) is 9.80 Å². The number of ether oxygens (including phenoxy) is 3. The summed E-state index contributed by atoms with van der Waals surface area (Å²) in [6, 6.07) is 2.37. The molecular formula is C20H26N8O6. The van der Waals surface area contributed by atoms with Crippen LogP contribution in [0.5, 0.6) is 11.5 Å². The van der Waals surface area contributed by atoms with Gasteiger partial charge in [-0.1, -0.05) is 0 Å². The second-order valence-electron chi connectivity index (χ2n) is 7.40. The van der Waals surface area contributed by atoms with Crippen molar-refractivity contribution in [3.63, 3.8) is 0 Å². The molecule has 2 saturated heterocycles. The normalized spacial score (nSPS) is 16.6. The zero-order valence-corrected chi connectivity index (χ0v) is 18.7. The molecule has 2 N–H and O–H groups in total. The molecule has 0 unspecified atom stereocenters. The van der Waals surface area contributed by atoms with Crippen LogP contribution in [0, 0.1) is 10.1 Å². The summed E-state index contributed by atoms with van der Waals surface area (Å²) in [5.41, 5.74) is 2.63. The Balaban J connectivity index is 1.59. The summed E-state index contributed by atoms with van der Waals surface area (Å²) in [4.78, 5) is 28.2. The van der Waals surface area contributed by atoms with Crippen molar-refractivity contribution < 1.29 is 24.2 Å². The van der Waals surface area contributed by atoms with Crippen molar-refractivity contribution in [2.45, 2.75) is 6.92 Å². The number of non-ortho nitro benzene ring substituents is 1. The van der Waals surface area contributed by atoms with Crippen molar-refractivity contribution in [1.29, 1.82) is 0 Å². The van der Waals surface area contributed by atoms with E-state index in [2.05, 4.69) is 25.5 Å². The first kappa shape index (κ1) is 23.4. The van der Waals surface area contributed by atoms with Gasteiger partial charge >= 0.3 is 0 Å². The highest BCUT2D eigenvalue weighted by Gasteiger charge is 2.21. The summed E-state index contributed by atoms with van der Waals surface area (Å²) in [5.74, 6) is 0.937. The van der Waals surface area contributed by atoms with E-state index < -0.39 is 4.92 Å². The summed E-state index contributed by atoms with van der Waals surface area (Å²) in [7, 11) is 0. The number of hydrazone groups is 1. The van der Waals surface area contributed by atoms with Crippen LogP contribution in [0.2, 0.25) is 0 Å². The third kappa shape index (κ3) is 5.58. The maximum Gasteiger partial charge on any atom is 0.274 e. The minimum absolute atomic E-state index is 0.00233. The minimum atomic E-state index is -0.568. The topological polar surface area (TPSA) is 161 Å². The van der Waals surface area contributed by atoms with Crippen LogP contribution in [0.4, 0.5) is 23.5 Å². The van der Waals surface area contributed by atoms with E-state index in [9.17, 15) is 15.2 Å². The van der Waals surface area contributed by atoms with Crippen LogP contribution in [0.25, 0.3) is 0 Å². The first-order chi connectivity index (χ1) is 16.5. The van der Waals surface area contributed by atoms with Gasteiger partial charge in [0.1, 0.15) is 0 Å². The summed E-state index contributed by atoms with van der Waals surface area (Å²) >= 11 is 0. The number of nitro groups is 1. The predicted molar refractivity (Wildman–Crippen MR) is 123 cm³/mol. The van der Waals surface area contributed by atoms with Crippen LogP contribution in [-0.4, -0.2) is 90.4 Å². The second-order valence-corrected chi connectivity index (χ2v) is 7.40. The van der Waals surface area contributed by atoms with Gasteiger partial charge in [0.05, 0.1) is 50.2 Å². The van der Waals surface area contributed by atoms with Gasteiger partial charge in [0.25, 0.3) is 5.69 Å². The third-order valence-electron chi connectivity index (χ3n) is 5.17. The van der Waals surface area contributed by atoms with Crippen LogP contribution in [0.15, 0.2) is 17.2 Å². The van der Waals surface area contributed by atoms with E-state index in [-0.39, 0.29) is 35.3 Å². The number of phenolic OH excluding ortho intramolecular Hbond substituents is 1. The Labute approximate surface area is 195 Å². The average Bonchev–Trinajstić information content (AvgIpc) is 2.87. The lowest BCUT2D eigenvalue weighted by molar-refractivity contribution is -0.385. The van der Waals surface area contributed by atoms with Crippen LogP contribution < -0.4 is 20.0 Å². The number of hydrogen-bond donors (Lipinski definition) is 2. The fraction of sp³-hybridized carbons (Fsp3) is 0.500. The lowest BCUT2D eigenvalue weighted by Crippen LogP contribution is -2.40. The number of phenols is 1. The lowest BCUT2D eigenvalue weighted by Gasteiger charge is -2.30. The fourth-order valence-corrected chi connectivity index (χ4v) is 3.46. The highest BCUT2D eigenvalue weighted by atomic mass is 16.6. The zero-order valence-electron chi connectivity index (χ0n) is 18.7. The number of anilines is 3. The number of nitrogens with zero attached hydrogens (tertiary/aromatic N) is 7. The standard InChI is InChI=1S/C20H26N8O6/c1-2-34-16-12-15(28(30)31)11-14(17(16)29)13-21-25-18-22-19(26-3-7-32-8-4-26)24-20(23-18)27-5-9-33-10-6-27/h11-13,29H,2-10H2,1H3,(H,22,23,24,25)/b21-13-. The molecule has 0 spiro atoms. The van der Waals surface area contributed by atoms with Gasteiger partial charge in [0.15, 0.2) is 11.5 Å². The summed E-state index contributed by atoms with van der Waals surface area (Å²) in [6.07, 6.45) is 1.25. The summed E-state index contributed by atoms with van der Waals surface area (Å²) in [5, 5.41) is 25.7. The molecule has 0 bridgehead atoms. The van der Waals surface area contributed by atoms with E-state index in [0.29, 0.717) is 64.5 Å². The smallest absolute Gasteiger partial charge is 0.274 e. The molecule has 2 fully saturated rings. The molecule has 2 aromatic rings. The maximum atomic E-state index is 11.2. The van der Waals surface area contributed by atoms with Crippen molar-refractivity contribution in [3.05, 3.63) is 27.8 Å². The van der Waals surface area contributed by atoms with Crippen molar-refractivity contribution >= 4 is 29.7 Å². The molecule has 1 aromatic heterocycles. The molecular weight excluding hydrogens is 448 g/mol. The van der Waals surface area contributed by atoms with Crippen molar-refractivity contribution in [2.75, 3.05) is 74.4 Å². The Morgan fingerprint density at radius 3 is 2.24 bits per heavy atom. The first-order valence-corrected chi connectivity index (χ1v) is 10.9. The van der Waals surface area contributed by atoms with E-state index in [0.717, 1.165) is 0 Å². The molecule has 3 heterocycles. The zero-order chi connectivity index (χ0) is 23.9.